The van der Waals surface area contributed by atoms with Gasteiger partial charge < -0.3 is 5.11 Å². The largest absolute Gasteiger partial charge is 0.382 e. The van der Waals surface area contributed by atoms with E-state index < -0.39 is 5.60 Å². The van der Waals surface area contributed by atoms with Crippen LogP contribution in [0.15, 0.2) is 25.3 Å². The number of carbonyl (C=O) groups excluding carboxylic acids is 1. The monoisotopic (exact) mass is 194 g/mol. The van der Waals surface area contributed by atoms with Crippen LogP contribution in [-0.4, -0.2) is 16.5 Å². The molecule has 2 nitrogen and oxygen atoms in total. The van der Waals surface area contributed by atoms with Gasteiger partial charge in [0.25, 0.3) is 0 Å². The van der Waals surface area contributed by atoms with Gasteiger partial charge in [0, 0.05) is 12.3 Å². The molecule has 1 saturated carbocycles. The van der Waals surface area contributed by atoms with Crippen molar-refractivity contribution in [1.29, 1.82) is 0 Å². The second kappa shape index (κ2) is 4.56. The van der Waals surface area contributed by atoms with E-state index in [1.165, 1.54) is 0 Å². The molecule has 0 radical (unpaired) electrons. The van der Waals surface area contributed by atoms with E-state index in [1.807, 2.05) is 0 Å². The Hall–Kier alpha value is -0.890. The number of hydrogen-bond donors (Lipinski definition) is 1. The topological polar surface area (TPSA) is 37.3 Å². The van der Waals surface area contributed by atoms with Crippen LogP contribution in [0.25, 0.3) is 0 Å². The highest BCUT2D eigenvalue weighted by Crippen LogP contribution is 2.33. The summed E-state index contributed by atoms with van der Waals surface area (Å²) in [4.78, 5) is 11.9. The summed E-state index contributed by atoms with van der Waals surface area (Å²) in [7, 11) is 0. The van der Waals surface area contributed by atoms with Crippen molar-refractivity contribution in [3.05, 3.63) is 25.3 Å². The molecule has 0 aromatic heterocycles. The molecular weight excluding hydrogens is 176 g/mol. The van der Waals surface area contributed by atoms with Crippen molar-refractivity contribution >= 4 is 5.78 Å². The van der Waals surface area contributed by atoms with Gasteiger partial charge in [-0.3, -0.25) is 4.79 Å². The minimum atomic E-state index is -1.15. The standard InChI is InChI=1S/C12H18O2/c1-3-6-10-7-5-9-12(14,8-4-2)11(10)13/h3-4,10,14H,1-2,5-9H2/t10-,12+/m0/s1. The molecule has 1 aliphatic rings. The van der Waals surface area contributed by atoms with Crippen LogP contribution in [-0.2, 0) is 4.79 Å². The Labute approximate surface area is 85.3 Å². The molecule has 0 heterocycles. The number of rotatable bonds is 4. The lowest BCUT2D eigenvalue weighted by Gasteiger charge is -2.34. The summed E-state index contributed by atoms with van der Waals surface area (Å²) in [6.07, 6.45) is 6.79. The average Bonchev–Trinajstić information content (AvgIpc) is 2.14. The lowest BCUT2D eigenvalue weighted by molar-refractivity contribution is -0.145. The van der Waals surface area contributed by atoms with E-state index in [9.17, 15) is 9.90 Å². The molecule has 0 aromatic carbocycles. The third-order valence-corrected chi connectivity index (χ3v) is 2.91. The van der Waals surface area contributed by atoms with Gasteiger partial charge in [-0.15, -0.1) is 13.2 Å². The van der Waals surface area contributed by atoms with E-state index in [4.69, 9.17) is 0 Å². The molecule has 0 aromatic rings. The summed E-state index contributed by atoms with van der Waals surface area (Å²) >= 11 is 0. The number of aliphatic hydroxyl groups is 1. The van der Waals surface area contributed by atoms with Crippen LogP contribution >= 0.6 is 0 Å². The second-order valence-corrected chi connectivity index (χ2v) is 4.00. The second-order valence-electron chi connectivity index (χ2n) is 4.00. The molecule has 0 unspecified atom stereocenters. The average molecular weight is 194 g/mol. The highest BCUT2D eigenvalue weighted by Gasteiger charge is 2.41. The van der Waals surface area contributed by atoms with Crippen molar-refractivity contribution in [2.75, 3.05) is 0 Å². The Morgan fingerprint density at radius 3 is 2.79 bits per heavy atom. The zero-order chi connectivity index (χ0) is 10.6. The number of hydrogen-bond acceptors (Lipinski definition) is 2. The van der Waals surface area contributed by atoms with Gasteiger partial charge in [-0.05, 0) is 25.7 Å². The number of carbonyl (C=O) groups is 1. The SMILES string of the molecule is C=CC[C@H]1CCC[C@](O)(CC=C)C1=O. The zero-order valence-corrected chi connectivity index (χ0v) is 8.54. The summed E-state index contributed by atoms with van der Waals surface area (Å²) in [6.45, 7) is 7.20. The van der Waals surface area contributed by atoms with E-state index in [0.717, 1.165) is 12.8 Å². The lowest BCUT2D eigenvalue weighted by atomic mass is 9.74. The minimum Gasteiger partial charge on any atom is -0.382 e. The van der Waals surface area contributed by atoms with E-state index in [-0.39, 0.29) is 11.7 Å². The maximum atomic E-state index is 11.9. The molecule has 2 atom stereocenters. The van der Waals surface area contributed by atoms with Crippen LogP contribution in [0.2, 0.25) is 0 Å². The maximum absolute atomic E-state index is 11.9. The predicted octanol–water partition coefficient (Wildman–Crippen LogP) is 2.24. The fourth-order valence-corrected chi connectivity index (χ4v) is 2.14. The van der Waals surface area contributed by atoms with Crippen molar-refractivity contribution in [3.63, 3.8) is 0 Å². The van der Waals surface area contributed by atoms with Crippen LogP contribution in [0, 0.1) is 5.92 Å². The Morgan fingerprint density at radius 1 is 1.50 bits per heavy atom. The van der Waals surface area contributed by atoms with Gasteiger partial charge in [-0.25, -0.2) is 0 Å². The first-order valence-electron chi connectivity index (χ1n) is 5.12. The van der Waals surface area contributed by atoms with Gasteiger partial charge in [-0.2, -0.15) is 0 Å². The van der Waals surface area contributed by atoms with Gasteiger partial charge in [0.2, 0.25) is 0 Å². The van der Waals surface area contributed by atoms with Crippen molar-refractivity contribution < 1.29 is 9.90 Å². The van der Waals surface area contributed by atoms with E-state index >= 15 is 0 Å². The normalized spacial score (nSPS) is 32.6. The number of Topliss-reactive ketones (excluding diaryl/α,β-unsaturated/α-hetero) is 1. The molecule has 78 valence electrons. The van der Waals surface area contributed by atoms with E-state index in [1.54, 1.807) is 12.2 Å². The first kappa shape index (κ1) is 11.2. The van der Waals surface area contributed by atoms with E-state index in [2.05, 4.69) is 13.2 Å². The maximum Gasteiger partial charge on any atom is 0.168 e. The summed E-state index contributed by atoms with van der Waals surface area (Å²) in [5.41, 5.74) is -1.15. The molecule has 1 fully saturated rings. The molecule has 0 spiro atoms. The smallest absolute Gasteiger partial charge is 0.168 e. The van der Waals surface area contributed by atoms with Crippen LogP contribution < -0.4 is 0 Å². The van der Waals surface area contributed by atoms with Gasteiger partial charge >= 0.3 is 0 Å². The molecule has 14 heavy (non-hydrogen) atoms. The van der Waals surface area contributed by atoms with Crippen molar-refractivity contribution in [3.8, 4) is 0 Å². The number of allylic oxidation sites excluding steroid dienone is 1. The van der Waals surface area contributed by atoms with Gasteiger partial charge in [0.05, 0.1) is 0 Å². The molecule has 1 aliphatic carbocycles. The molecule has 0 saturated heterocycles. The summed E-state index contributed by atoms with van der Waals surface area (Å²) in [5.74, 6) is -0.0604. The molecule has 0 amide bonds. The number of ketones is 1. The lowest BCUT2D eigenvalue weighted by Crippen LogP contribution is -2.45. The summed E-state index contributed by atoms with van der Waals surface area (Å²) in [6, 6.07) is 0. The third kappa shape index (κ3) is 2.13. The molecule has 0 aliphatic heterocycles. The van der Waals surface area contributed by atoms with Crippen LogP contribution in [0.1, 0.15) is 32.1 Å². The van der Waals surface area contributed by atoms with Crippen LogP contribution in [0.3, 0.4) is 0 Å². The Balaban J connectivity index is 2.73. The first-order chi connectivity index (χ1) is 6.64. The highest BCUT2D eigenvalue weighted by atomic mass is 16.3. The Morgan fingerprint density at radius 2 is 2.21 bits per heavy atom. The quantitative estimate of drug-likeness (QED) is 0.697. The molecule has 1 N–H and O–H groups in total. The minimum absolute atomic E-state index is 0.0245. The van der Waals surface area contributed by atoms with Gasteiger partial charge in [-0.1, -0.05) is 12.2 Å². The van der Waals surface area contributed by atoms with E-state index in [0.29, 0.717) is 19.3 Å². The fourth-order valence-electron chi connectivity index (χ4n) is 2.14. The summed E-state index contributed by atoms with van der Waals surface area (Å²) in [5, 5.41) is 10.1. The molecule has 1 rings (SSSR count). The first-order valence-corrected chi connectivity index (χ1v) is 5.12. The van der Waals surface area contributed by atoms with Crippen molar-refractivity contribution in [1.82, 2.24) is 0 Å². The van der Waals surface area contributed by atoms with Crippen LogP contribution in [0.4, 0.5) is 0 Å². The molecular formula is C12H18O2. The third-order valence-electron chi connectivity index (χ3n) is 2.91. The Bertz CT molecular complexity index is 245. The summed E-state index contributed by atoms with van der Waals surface area (Å²) < 4.78 is 0. The van der Waals surface area contributed by atoms with Crippen molar-refractivity contribution in [2.45, 2.75) is 37.7 Å². The Kier molecular flexibility index (Phi) is 3.64. The zero-order valence-electron chi connectivity index (χ0n) is 8.54. The van der Waals surface area contributed by atoms with Crippen molar-refractivity contribution in [2.24, 2.45) is 5.92 Å². The van der Waals surface area contributed by atoms with Crippen LogP contribution in [0.5, 0.6) is 0 Å². The van der Waals surface area contributed by atoms with Gasteiger partial charge in [0.15, 0.2) is 5.78 Å². The van der Waals surface area contributed by atoms with Gasteiger partial charge in [0.1, 0.15) is 5.60 Å². The highest BCUT2D eigenvalue weighted by molar-refractivity contribution is 5.90. The molecule has 0 bridgehead atoms. The predicted molar refractivity (Wildman–Crippen MR) is 56.9 cm³/mol. The molecule has 2 heteroatoms. The fraction of sp³-hybridized carbons (Fsp3) is 0.583.